The molecule has 4 N–H and O–H groups in total. The van der Waals surface area contributed by atoms with Crippen LogP contribution in [0.25, 0.3) is 0 Å². The fraction of sp³-hybridized carbons (Fsp3) is 0.333. The second-order valence-electron chi connectivity index (χ2n) is 4.04. The van der Waals surface area contributed by atoms with Crippen molar-refractivity contribution in [3.63, 3.8) is 0 Å². The molecule has 2 unspecified atom stereocenters. The number of rotatable bonds is 6. The minimum absolute atomic E-state index is 0.0898. The van der Waals surface area contributed by atoms with Crippen LogP contribution >= 0.6 is 0 Å². The number of nitrogens with zero attached hydrogens (tertiary/aromatic N) is 1. The van der Waals surface area contributed by atoms with E-state index in [1.807, 2.05) is 0 Å². The van der Waals surface area contributed by atoms with E-state index < -0.39 is 34.7 Å². The van der Waals surface area contributed by atoms with Gasteiger partial charge in [-0.3, -0.25) is 14.9 Å². The van der Waals surface area contributed by atoms with Crippen LogP contribution in [0.3, 0.4) is 0 Å². The first kappa shape index (κ1) is 16.5. The van der Waals surface area contributed by atoms with Crippen molar-refractivity contribution in [3.8, 4) is 0 Å². The van der Waals surface area contributed by atoms with Crippen LogP contribution in [-0.4, -0.2) is 39.7 Å². The van der Waals surface area contributed by atoms with Gasteiger partial charge in [-0.05, 0) is 19.1 Å². The zero-order chi connectivity index (χ0) is 16.2. The van der Waals surface area contributed by atoms with Crippen molar-refractivity contribution < 1.29 is 29.5 Å². The third kappa shape index (κ3) is 3.74. The maximum Gasteiger partial charge on any atom is 0.338 e. The maximum absolute atomic E-state index is 11.5. The van der Waals surface area contributed by atoms with E-state index in [1.54, 1.807) is 6.92 Å². The van der Waals surface area contributed by atoms with Gasteiger partial charge in [-0.2, -0.15) is 0 Å². The molecule has 1 aromatic carbocycles. The van der Waals surface area contributed by atoms with Crippen LogP contribution in [0.1, 0.15) is 28.9 Å². The predicted molar refractivity (Wildman–Crippen MR) is 69.2 cm³/mol. The quantitative estimate of drug-likeness (QED) is 0.368. The number of aliphatic hydroxyl groups is 2. The number of nitro benzene ring substituents is 1. The number of carbonyl (C=O) groups is 2. The van der Waals surface area contributed by atoms with Gasteiger partial charge in [-0.1, -0.05) is 0 Å². The molecule has 1 amide bonds. The molecule has 21 heavy (non-hydrogen) atoms. The molecule has 0 aliphatic rings. The molecule has 0 heterocycles. The Morgan fingerprint density at radius 2 is 2.05 bits per heavy atom. The number of hydrogen-bond donors (Lipinski definition) is 3. The summed E-state index contributed by atoms with van der Waals surface area (Å²) in [5.41, 5.74) is 3.77. The van der Waals surface area contributed by atoms with E-state index in [0.717, 1.165) is 12.1 Å². The van der Waals surface area contributed by atoms with E-state index in [1.165, 1.54) is 6.07 Å². The molecule has 0 aromatic heterocycles. The van der Waals surface area contributed by atoms with Crippen molar-refractivity contribution in [2.75, 3.05) is 6.61 Å². The fourth-order valence-corrected chi connectivity index (χ4v) is 1.62. The average molecular weight is 298 g/mol. The molecule has 114 valence electrons. The summed E-state index contributed by atoms with van der Waals surface area (Å²) in [7, 11) is 0. The number of nitrogens with two attached hydrogens (primary N) is 1. The lowest BCUT2D eigenvalue weighted by Gasteiger charge is -2.15. The van der Waals surface area contributed by atoms with E-state index in [0.29, 0.717) is 0 Å². The molecule has 0 fully saturated rings. The molecule has 0 saturated carbocycles. The Morgan fingerprint density at radius 3 is 2.52 bits per heavy atom. The largest absolute Gasteiger partial charge is 0.462 e. The van der Waals surface area contributed by atoms with Gasteiger partial charge in [0.2, 0.25) is 5.91 Å². The smallest absolute Gasteiger partial charge is 0.338 e. The molecule has 0 bridgehead atoms. The van der Waals surface area contributed by atoms with Gasteiger partial charge in [-0.15, -0.1) is 0 Å². The molecule has 0 aliphatic heterocycles. The highest BCUT2D eigenvalue weighted by Crippen LogP contribution is 2.28. The van der Waals surface area contributed by atoms with Gasteiger partial charge in [0.15, 0.2) is 6.10 Å². The fourth-order valence-electron chi connectivity index (χ4n) is 1.62. The van der Waals surface area contributed by atoms with Crippen LogP contribution < -0.4 is 5.73 Å². The molecule has 0 radical (unpaired) electrons. The van der Waals surface area contributed by atoms with Gasteiger partial charge >= 0.3 is 5.97 Å². The third-order valence-electron chi connectivity index (χ3n) is 2.65. The summed E-state index contributed by atoms with van der Waals surface area (Å²) in [5.74, 6) is -2.00. The highest BCUT2D eigenvalue weighted by atomic mass is 16.6. The lowest BCUT2D eigenvalue weighted by molar-refractivity contribution is -0.386. The van der Waals surface area contributed by atoms with E-state index in [9.17, 15) is 29.9 Å². The number of primary amides is 1. The van der Waals surface area contributed by atoms with E-state index in [2.05, 4.69) is 0 Å². The van der Waals surface area contributed by atoms with Crippen molar-refractivity contribution in [3.05, 3.63) is 39.4 Å². The standard InChI is InChI=1S/C12H14N2O7/c1-2-21-12(18)6-3-4-7(8(5-6)14(19)20)9(15)10(16)11(13)17/h3-5,9-10,15-16H,2H2,1H3,(H2,13,17). The first-order valence-corrected chi connectivity index (χ1v) is 5.90. The molecule has 9 nitrogen and oxygen atoms in total. The minimum Gasteiger partial charge on any atom is -0.462 e. The summed E-state index contributed by atoms with van der Waals surface area (Å²) in [6, 6.07) is 3.13. The Labute approximate surface area is 119 Å². The van der Waals surface area contributed by atoms with Gasteiger partial charge in [-0.25, -0.2) is 4.79 Å². The van der Waals surface area contributed by atoms with E-state index in [-0.39, 0.29) is 17.7 Å². The Balaban J connectivity index is 3.25. The van der Waals surface area contributed by atoms with Crippen molar-refractivity contribution >= 4 is 17.6 Å². The van der Waals surface area contributed by atoms with E-state index >= 15 is 0 Å². The Bertz CT molecular complexity index is 573. The Kier molecular flexibility index (Phi) is 5.33. The number of esters is 1. The summed E-state index contributed by atoms with van der Waals surface area (Å²) in [6.07, 6.45) is -3.88. The van der Waals surface area contributed by atoms with Crippen molar-refractivity contribution in [1.29, 1.82) is 0 Å². The number of hydrogen-bond acceptors (Lipinski definition) is 7. The summed E-state index contributed by atoms with van der Waals surface area (Å²) in [6.45, 7) is 1.67. The van der Waals surface area contributed by atoms with Crippen LogP contribution in [0.4, 0.5) is 5.69 Å². The molecule has 9 heteroatoms. The summed E-state index contributed by atoms with van der Waals surface area (Å²) in [5, 5.41) is 30.1. The van der Waals surface area contributed by atoms with Gasteiger partial charge < -0.3 is 20.7 Å². The van der Waals surface area contributed by atoms with Crippen LogP contribution in [-0.2, 0) is 9.53 Å². The topological polar surface area (TPSA) is 153 Å². The third-order valence-corrected chi connectivity index (χ3v) is 2.65. The van der Waals surface area contributed by atoms with Crippen LogP contribution in [0.5, 0.6) is 0 Å². The second-order valence-corrected chi connectivity index (χ2v) is 4.04. The van der Waals surface area contributed by atoms with Crippen molar-refractivity contribution in [2.24, 2.45) is 5.73 Å². The molecule has 1 rings (SSSR count). The molecule has 0 aliphatic carbocycles. The monoisotopic (exact) mass is 298 g/mol. The molecular weight excluding hydrogens is 284 g/mol. The number of aliphatic hydroxyl groups excluding tert-OH is 2. The van der Waals surface area contributed by atoms with Gasteiger partial charge in [0.1, 0.15) is 6.10 Å². The first-order valence-electron chi connectivity index (χ1n) is 5.90. The number of amides is 1. The number of ether oxygens (including phenoxy) is 1. The summed E-state index contributed by atoms with van der Waals surface area (Å²) < 4.78 is 4.70. The molecule has 1 aromatic rings. The lowest BCUT2D eigenvalue weighted by Crippen LogP contribution is -2.34. The van der Waals surface area contributed by atoms with Crippen LogP contribution in [0.15, 0.2) is 18.2 Å². The van der Waals surface area contributed by atoms with Crippen molar-refractivity contribution in [2.45, 2.75) is 19.1 Å². The van der Waals surface area contributed by atoms with Gasteiger partial charge in [0.05, 0.1) is 22.7 Å². The van der Waals surface area contributed by atoms with Crippen molar-refractivity contribution in [1.82, 2.24) is 0 Å². The molecule has 0 spiro atoms. The van der Waals surface area contributed by atoms with Gasteiger partial charge in [0.25, 0.3) is 5.69 Å². The number of carbonyl (C=O) groups excluding carboxylic acids is 2. The number of nitro groups is 1. The Hall–Kier alpha value is -2.52. The predicted octanol–water partition coefficient (Wildman–Crippen LogP) is -0.349. The molecule has 2 atom stereocenters. The average Bonchev–Trinajstić information content (AvgIpc) is 2.45. The Morgan fingerprint density at radius 1 is 1.43 bits per heavy atom. The van der Waals surface area contributed by atoms with Crippen LogP contribution in [0, 0.1) is 10.1 Å². The first-order chi connectivity index (χ1) is 9.79. The highest BCUT2D eigenvalue weighted by molar-refractivity contribution is 5.90. The van der Waals surface area contributed by atoms with Crippen LogP contribution in [0.2, 0.25) is 0 Å². The zero-order valence-electron chi connectivity index (χ0n) is 11.1. The SMILES string of the molecule is CCOC(=O)c1ccc(C(O)C(O)C(N)=O)c([N+](=O)[O-])c1. The second kappa shape index (κ2) is 6.77. The van der Waals surface area contributed by atoms with E-state index in [4.69, 9.17) is 10.5 Å². The normalized spacial score (nSPS) is 13.3. The zero-order valence-corrected chi connectivity index (χ0v) is 11.1. The highest BCUT2D eigenvalue weighted by Gasteiger charge is 2.30. The summed E-state index contributed by atoms with van der Waals surface area (Å²) in [4.78, 5) is 32.5. The molecular formula is C12H14N2O7. The number of benzene rings is 1. The minimum atomic E-state index is -2.00. The maximum atomic E-state index is 11.5. The van der Waals surface area contributed by atoms with Gasteiger partial charge in [0, 0.05) is 6.07 Å². The summed E-state index contributed by atoms with van der Waals surface area (Å²) >= 11 is 0. The molecule has 0 saturated heterocycles. The lowest BCUT2D eigenvalue weighted by atomic mass is 10.00.